The summed E-state index contributed by atoms with van der Waals surface area (Å²) in [7, 11) is 0. The fourth-order valence-electron chi connectivity index (χ4n) is 2.87. The van der Waals surface area contributed by atoms with Gasteiger partial charge in [-0.25, -0.2) is 9.97 Å². The van der Waals surface area contributed by atoms with E-state index in [1.807, 2.05) is 35.1 Å². The Morgan fingerprint density at radius 2 is 2.14 bits per heavy atom. The normalized spacial score (nSPS) is 16.5. The van der Waals surface area contributed by atoms with Gasteiger partial charge in [0.1, 0.15) is 5.03 Å². The van der Waals surface area contributed by atoms with Gasteiger partial charge in [-0.15, -0.1) is 0 Å². The molecule has 0 amide bonds. The molecule has 0 radical (unpaired) electrons. The predicted molar refractivity (Wildman–Crippen MR) is 111 cm³/mol. The number of imidazole rings is 1. The second-order valence-corrected chi connectivity index (χ2v) is 8.17. The van der Waals surface area contributed by atoms with E-state index >= 15 is 0 Å². The van der Waals surface area contributed by atoms with Gasteiger partial charge in [0.15, 0.2) is 11.5 Å². The number of aromatic amines is 1. The highest BCUT2D eigenvalue weighted by Crippen LogP contribution is 2.32. The van der Waals surface area contributed by atoms with E-state index in [9.17, 15) is 0 Å². The van der Waals surface area contributed by atoms with Crippen molar-refractivity contribution in [1.29, 1.82) is 0 Å². The van der Waals surface area contributed by atoms with Gasteiger partial charge in [-0.1, -0.05) is 11.8 Å². The molecule has 1 atom stereocenters. The third kappa shape index (κ3) is 3.37. The number of aromatic nitrogens is 6. The van der Waals surface area contributed by atoms with Crippen LogP contribution >= 0.6 is 23.7 Å². The van der Waals surface area contributed by atoms with E-state index in [2.05, 4.69) is 43.2 Å². The van der Waals surface area contributed by atoms with Crippen molar-refractivity contribution in [1.82, 2.24) is 34.3 Å². The second-order valence-electron chi connectivity index (χ2n) is 6.20. The fraction of sp³-hybridized carbons (Fsp3) is 0.111. The van der Waals surface area contributed by atoms with Crippen LogP contribution in [0.15, 0.2) is 70.3 Å². The Kier molecular flexibility index (Phi) is 4.51. The standard InChI is InChI=1S/C18H16N8S2/c1-11-6-15(28-25-11)23-17-18-20-9-14(12-7-21-22-8-12)26(18)10-16(24-17)27-13-2-4-19-5-3-13/h2-11,25H,1H3,(H,21,22)(H,23,24). The Morgan fingerprint density at radius 1 is 1.25 bits per heavy atom. The van der Waals surface area contributed by atoms with E-state index in [0.717, 1.165) is 31.9 Å². The van der Waals surface area contributed by atoms with E-state index < -0.39 is 0 Å². The van der Waals surface area contributed by atoms with Crippen LogP contribution in [0.2, 0.25) is 0 Å². The molecule has 0 aliphatic carbocycles. The zero-order valence-corrected chi connectivity index (χ0v) is 16.5. The largest absolute Gasteiger partial charge is 0.331 e. The summed E-state index contributed by atoms with van der Waals surface area (Å²) in [5.41, 5.74) is 2.68. The van der Waals surface area contributed by atoms with Crippen molar-refractivity contribution in [2.24, 2.45) is 0 Å². The van der Waals surface area contributed by atoms with Gasteiger partial charge in [-0.05, 0) is 37.1 Å². The first-order valence-corrected chi connectivity index (χ1v) is 10.3. The lowest BCUT2D eigenvalue weighted by Gasteiger charge is -2.10. The molecule has 140 valence electrons. The fourth-order valence-corrected chi connectivity index (χ4v) is 4.46. The SMILES string of the molecule is CC1C=C(Nc2nc(Sc3ccncc3)cn3c(-c4cn[nH]c4)cnc23)SN1. The zero-order valence-electron chi connectivity index (χ0n) is 14.8. The highest BCUT2D eigenvalue weighted by atomic mass is 32.2. The molecule has 1 aliphatic rings. The Hall–Kier alpha value is -2.82. The summed E-state index contributed by atoms with van der Waals surface area (Å²) < 4.78 is 5.34. The van der Waals surface area contributed by atoms with Gasteiger partial charge >= 0.3 is 0 Å². The van der Waals surface area contributed by atoms with Gasteiger partial charge in [-0.3, -0.25) is 19.2 Å². The first-order valence-electron chi connectivity index (χ1n) is 8.62. The first-order chi connectivity index (χ1) is 13.8. The molecule has 0 saturated carbocycles. The molecule has 0 fully saturated rings. The van der Waals surface area contributed by atoms with Crippen LogP contribution in [0.1, 0.15) is 6.92 Å². The van der Waals surface area contributed by atoms with Crippen molar-refractivity contribution in [3.8, 4) is 11.3 Å². The molecule has 5 rings (SSSR count). The van der Waals surface area contributed by atoms with E-state index in [4.69, 9.17) is 4.98 Å². The Labute approximate surface area is 169 Å². The quantitative estimate of drug-likeness (QED) is 0.432. The minimum absolute atomic E-state index is 0.305. The number of anilines is 1. The molecular formula is C18H16N8S2. The minimum atomic E-state index is 0.305. The van der Waals surface area contributed by atoms with Gasteiger partial charge in [0.05, 0.1) is 23.1 Å². The number of rotatable bonds is 5. The summed E-state index contributed by atoms with van der Waals surface area (Å²) in [6.45, 7) is 2.10. The number of nitrogens with one attached hydrogen (secondary N) is 3. The maximum atomic E-state index is 4.82. The molecule has 1 aliphatic heterocycles. The second kappa shape index (κ2) is 7.30. The topological polar surface area (TPSA) is 95.8 Å². The molecule has 4 aromatic heterocycles. The van der Waals surface area contributed by atoms with E-state index in [1.165, 1.54) is 0 Å². The maximum absolute atomic E-state index is 4.82. The van der Waals surface area contributed by atoms with Gasteiger partial charge < -0.3 is 5.32 Å². The molecule has 3 N–H and O–H groups in total. The van der Waals surface area contributed by atoms with E-state index in [-0.39, 0.29) is 0 Å². The van der Waals surface area contributed by atoms with Crippen molar-refractivity contribution in [3.05, 3.63) is 60.4 Å². The molecule has 4 aromatic rings. The molecule has 10 heteroatoms. The molecule has 0 bridgehead atoms. The van der Waals surface area contributed by atoms with Crippen LogP contribution in [0.25, 0.3) is 16.9 Å². The summed E-state index contributed by atoms with van der Waals surface area (Å²) in [5.74, 6) is 0.712. The summed E-state index contributed by atoms with van der Waals surface area (Å²) in [5, 5.41) is 12.2. The average molecular weight is 409 g/mol. The van der Waals surface area contributed by atoms with Crippen LogP contribution in [0.3, 0.4) is 0 Å². The maximum Gasteiger partial charge on any atom is 0.181 e. The number of nitrogens with zero attached hydrogens (tertiary/aromatic N) is 5. The van der Waals surface area contributed by atoms with Crippen molar-refractivity contribution in [2.45, 2.75) is 22.9 Å². The molecule has 0 saturated heterocycles. The minimum Gasteiger partial charge on any atom is -0.331 e. The van der Waals surface area contributed by atoms with Crippen LogP contribution in [-0.2, 0) is 0 Å². The smallest absolute Gasteiger partial charge is 0.181 e. The number of pyridine rings is 1. The number of hydrogen-bond donors (Lipinski definition) is 3. The summed E-state index contributed by atoms with van der Waals surface area (Å²) in [6.07, 6.45) is 13.2. The third-order valence-corrected chi connectivity index (χ3v) is 6.00. The van der Waals surface area contributed by atoms with Crippen molar-refractivity contribution >= 4 is 35.2 Å². The number of hydrogen-bond acceptors (Lipinski definition) is 8. The Morgan fingerprint density at radius 3 is 2.89 bits per heavy atom. The van der Waals surface area contributed by atoms with Crippen LogP contribution in [0.5, 0.6) is 0 Å². The van der Waals surface area contributed by atoms with Crippen LogP contribution in [-0.4, -0.2) is 35.6 Å². The van der Waals surface area contributed by atoms with Gasteiger partial charge in [0, 0.05) is 41.3 Å². The van der Waals surface area contributed by atoms with Crippen LogP contribution in [0, 0.1) is 0 Å². The van der Waals surface area contributed by atoms with Gasteiger partial charge in [0.25, 0.3) is 0 Å². The summed E-state index contributed by atoms with van der Waals surface area (Å²) in [4.78, 5) is 14.6. The molecule has 1 unspecified atom stereocenters. The van der Waals surface area contributed by atoms with Crippen molar-refractivity contribution in [3.63, 3.8) is 0 Å². The third-order valence-electron chi connectivity index (χ3n) is 4.13. The lowest BCUT2D eigenvalue weighted by atomic mass is 10.3. The Bertz CT molecular complexity index is 1140. The molecule has 5 heterocycles. The zero-order chi connectivity index (χ0) is 18.9. The monoisotopic (exact) mass is 408 g/mol. The molecule has 0 spiro atoms. The van der Waals surface area contributed by atoms with Crippen LogP contribution in [0.4, 0.5) is 5.82 Å². The van der Waals surface area contributed by atoms with E-state index in [1.54, 1.807) is 42.3 Å². The number of fused-ring (bicyclic) bond motifs is 1. The number of H-pyrrole nitrogens is 1. The van der Waals surface area contributed by atoms with E-state index in [0.29, 0.717) is 11.9 Å². The summed E-state index contributed by atoms with van der Waals surface area (Å²) >= 11 is 3.14. The van der Waals surface area contributed by atoms with Gasteiger partial charge in [-0.2, -0.15) is 5.10 Å². The molecule has 0 aromatic carbocycles. The van der Waals surface area contributed by atoms with Gasteiger partial charge in [0.2, 0.25) is 0 Å². The van der Waals surface area contributed by atoms with Crippen LogP contribution < -0.4 is 10.0 Å². The lowest BCUT2D eigenvalue weighted by molar-refractivity contribution is 0.868. The molecule has 28 heavy (non-hydrogen) atoms. The lowest BCUT2D eigenvalue weighted by Crippen LogP contribution is -2.09. The molecule has 8 nitrogen and oxygen atoms in total. The van der Waals surface area contributed by atoms with Crippen molar-refractivity contribution in [2.75, 3.05) is 5.32 Å². The predicted octanol–water partition coefficient (Wildman–Crippen LogP) is 3.56. The highest BCUT2D eigenvalue weighted by molar-refractivity contribution is 8.01. The molecular weight excluding hydrogens is 392 g/mol. The highest BCUT2D eigenvalue weighted by Gasteiger charge is 2.17. The Balaban J connectivity index is 1.61. The first kappa shape index (κ1) is 17.3. The average Bonchev–Trinajstić information content (AvgIpc) is 3.43. The van der Waals surface area contributed by atoms with Crippen molar-refractivity contribution < 1.29 is 0 Å². The summed E-state index contributed by atoms with van der Waals surface area (Å²) in [6, 6.07) is 4.24.